The van der Waals surface area contributed by atoms with E-state index in [1.807, 2.05) is 46.8 Å². The average Bonchev–Trinajstić information content (AvgIpc) is 2.73. The van der Waals surface area contributed by atoms with Crippen molar-refractivity contribution < 1.29 is 63.9 Å². The van der Waals surface area contributed by atoms with Crippen LogP contribution in [0.2, 0.25) is 0 Å². The summed E-state index contributed by atoms with van der Waals surface area (Å²) in [5, 5.41) is 30.8. The minimum Gasteiger partial charge on any atom is -0.550 e. The van der Waals surface area contributed by atoms with Gasteiger partial charge in [0.2, 0.25) is 0 Å². The van der Waals surface area contributed by atoms with Gasteiger partial charge in [0, 0.05) is 24.4 Å². The third-order valence-electron chi connectivity index (χ3n) is 6.75. The zero-order chi connectivity index (χ0) is 25.5. The fourth-order valence-electron chi connectivity index (χ4n) is 4.70. The Morgan fingerprint density at radius 3 is 2.31 bits per heavy atom. The maximum atomic E-state index is 13.6. The Labute approximate surface area is 231 Å². The molecule has 3 atom stereocenters. The summed E-state index contributed by atoms with van der Waals surface area (Å²) in [5.41, 5.74) is 2.05. The minimum atomic E-state index is -1.37. The Bertz CT molecular complexity index is 833. The van der Waals surface area contributed by atoms with Crippen LogP contribution in [0.25, 0.3) is 0 Å². The second kappa shape index (κ2) is 14.6. The van der Waals surface area contributed by atoms with Gasteiger partial charge in [-0.15, -0.1) is 0 Å². The Kier molecular flexibility index (Phi) is 13.3. The molecule has 2 unspecified atom stereocenters. The van der Waals surface area contributed by atoms with Crippen LogP contribution in [0.1, 0.15) is 94.7 Å². The van der Waals surface area contributed by atoms with Crippen LogP contribution in [-0.4, -0.2) is 46.6 Å². The van der Waals surface area contributed by atoms with Crippen LogP contribution < -0.4 is 39.4 Å². The summed E-state index contributed by atoms with van der Waals surface area (Å²) in [6, 6.07) is 3.94. The summed E-state index contributed by atoms with van der Waals surface area (Å²) in [7, 11) is 0. The number of carboxylic acid groups (broad SMARTS) is 1. The predicted octanol–water partition coefficient (Wildman–Crippen LogP) is 0.334. The SMILES string of the molecule is CCC(C)(C)OC(=O)C(c1cc(C)cc(C)c1OCC(O)C[C@@H](O)CC(=O)[O-])C1CCCCC1.[Na+]. The summed E-state index contributed by atoms with van der Waals surface area (Å²) < 4.78 is 12.0. The Morgan fingerprint density at radius 2 is 1.74 bits per heavy atom. The van der Waals surface area contributed by atoms with Crippen molar-refractivity contribution in [3.63, 3.8) is 0 Å². The van der Waals surface area contributed by atoms with E-state index >= 15 is 0 Å². The average molecular weight is 501 g/mol. The monoisotopic (exact) mass is 500 g/mol. The van der Waals surface area contributed by atoms with Crippen LogP contribution in [0.5, 0.6) is 5.75 Å². The molecule has 2 N–H and O–H groups in total. The molecule has 1 aromatic carbocycles. The molecule has 0 amide bonds. The van der Waals surface area contributed by atoms with Crippen molar-refractivity contribution in [1.82, 2.24) is 0 Å². The summed E-state index contributed by atoms with van der Waals surface area (Å²) in [4.78, 5) is 24.2. The number of rotatable bonds is 12. The Balaban J connectivity index is 0.00000612. The number of ether oxygens (including phenoxy) is 2. The third kappa shape index (κ3) is 10.0. The van der Waals surface area contributed by atoms with Gasteiger partial charge in [-0.05, 0) is 58.4 Å². The van der Waals surface area contributed by atoms with Crippen molar-refractivity contribution >= 4 is 11.9 Å². The van der Waals surface area contributed by atoms with Crippen LogP contribution in [0.4, 0.5) is 0 Å². The Morgan fingerprint density at radius 1 is 1.11 bits per heavy atom. The van der Waals surface area contributed by atoms with Gasteiger partial charge in [0.25, 0.3) is 0 Å². The summed E-state index contributed by atoms with van der Waals surface area (Å²) in [6.07, 6.45) is 2.91. The largest absolute Gasteiger partial charge is 1.00 e. The van der Waals surface area contributed by atoms with Crippen LogP contribution in [-0.2, 0) is 14.3 Å². The smallest absolute Gasteiger partial charge is 0.550 e. The van der Waals surface area contributed by atoms with E-state index in [4.69, 9.17) is 9.47 Å². The minimum absolute atomic E-state index is 0. The fraction of sp³-hybridized carbons (Fsp3) is 0.704. The van der Waals surface area contributed by atoms with E-state index in [0.29, 0.717) is 12.2 Å². The van der Waals surface area contributed by atoms with Crippen LogP contribution in [0.15, 0.2) is 12.1 Å². The molecular formula is C27H41NaO7. The predicted molar refractivity (Wildman–Crippen MR) is 127 cm³/mol. The number of aliphatic hydroxyl groups excluding tert-OH is 2. The zero-order valence-electron chi connectivity index (χ0n) is 22.3. The second-order valence-corrected chi connectivity index (χ2v) is 10.3. The van der Waals surface area contributed by atoms with E-state index in [1.54, 1.807) is 0 Å². The molecule has 0 aliphatic heterocycles. The maximum absolute atomic E-state index is 13.6. The molecule has 0 heterocycles. The summed E-state index contributed by atoms with van der Waals surface area (Å²) >= 11 is 0. The third-order valence-corrected chi connectivity index (χ3v) is 6.75. The van der Waals surface area contributed by atoms with Crippen molar-refractivity contribution in [3.05, 3.63) is 28.8 Å². The Hall–Kier alpha value is -1.12. The molecule has 1 fully saturated rings. The number of esters is 1. The molecular weight excluding hydrogens is 459 g/mol. The first-order valence-electron chi connectivity index (χ1n) is 12.5. The van der Waals surface area contributed by atoms with Gasteiger partial charge in [-0.2, -0.15) is 0 Å². The fourth-order valence-corrected chi connectivity index (χ4v) is 4.70. The number of hydrogen-bond donors (Lipinski definition) is 2. The normalized spacial score (nSPS) is 17.1. The first-order valence-corrected chi connectivity index (χ1v) is 12.5. The molecule has 0 spiro atoms. The number of aliphatic carboxylic acids is 1. The molecule has 192 valence electrons. The van der Waals surface area contributed by atoms with Gasteiger partial charge < -0.3 is 29.6 Å². The number of carbonyl (C=O) groups is 2. The van der Waals surface area contributed by atoms with Gasteiger partial charge in [-0.3, -0.25) is 4.79 Å². The molecule has 2 rings (SSSR count). The first kappa shape index (κ1) is 31.9. The van der Waals surface area contributed by atoms with Crippen molar-refractivity contribution in [1.29, 1.82) is 0 Å². The van der Waals surface area contributed by atoms with E-state index in [0.717, 1.165) is 48.8 Å². The molecule has 0 bridgehead atoms. The van der Waals surface area contributed by atoms with Crippen molar-refractivity contribution in [3.8, 4) is 5.75 Å². The number of hydrogen-bond acceptors (Lipinski definition) is 7. The van der Waals surface area contributed by atoms with Gasteiger partial charge >= 0.3 is 35.5 Å². The molecule has 1 aromatic rings. The van der Waals surface area contributed by atoms with E-state index in [1.165, 1.54) is 0 Å². The van der Waals surface area contributed by atoms with Crippen LogP contribution in [0.3, 0.4) is 0 Å². The quantitative estimate of drug-likeness (QED) is 0.314. The number of aliphatic hydroxyl groups is 2. The molecule has 8 heteroatoms. The summed E-state index contributed by atoms with van der Waals surface area (Å²) in [5.74, 6) is -1.41. The maximum Gasteiger partial charge on any atom is 1.00 e. The zero-order valence-corrected chi connectivity index (χ0v) is 24.3. The van der Waals surface area contributed by atoms with E-state index in [2.05, 4.69) is 0 Å². The van der Waals surface area contributed by atoms with E-state index < -0.39 is 36.1 Å². The molecule has 0 saturated heterocycles. The van der Waals surface area contributed by atoms with Gasteiger partial charge in [-0.25, -0.2) is 0 Å². The molecule has 1 aliphatic carbocycles. The molecule has 1 saturated carbocycles. The molecule has 7 nitrogen and oxygen atoms in total. The topological polar surface area (TPSA) is 116 Å². The number of carbonyl (C=O) groups excluding carboxylic acids is 2. The first-order chi connectivity index (χ1) is 15.9. The van der Waals surface area contributed by atoms with Crippen molar-refractivity contribution in [2.75, 3.05) is 6.61 Å². The molecule has 0 radical (unpaired) electrons. The van der Waals surface area contributed by atoms with Gasteiger partial charge in [0.1, 0.15) is 18.0 Å². The molecule has 1 aliphatic rings. The van der Waals surface area contributed by atoms with Crippen molar-refractivity contribution in [2.24, 2.45) is 5.92 Å². The number of carboxylic acids is 1. The van der Waals surface area contributed by atoms with E-state index in [9.17, 15) is 24.9 Å². The standard InChI is InChI=1S/C27H42O7.Na/c1-6-27(4,5)34-26(32)24(19-10-8-7-9-11-19)22-13-17(2)12-18(3)25(22)33-16-21(29)14-20(28)15-23(30)31;/h12-13,19-21,24,28-29H,6-11,14-16H2,1-5H3,(H,30,31);/q;+1/p-1/t20-,21?,24?;/m1./s1. The van der Waals surface area contributed by atoms with Crippen molar-refractivity contribution in [2.45, 2.75) is 110 Å². The van der Waals surface area contributed by atoms with Gasteiger partial charge in [-0.1, -0.05) is 43.9 Å². The van der Waals surface area contributed by atoms with Gasteiger partial charge in [0.15, 0.2) is 0 Å². The number of aryl methyl sites for hydroxylation is 2. The van der Waals surface area contributed by atoms with Crippen LogP contribution >= 0.6 is 0 Å². The number of benzene rings is 1. The van der Waals surface area contributed by atoms with Crippen LogP contribution in [0, 0.1) is 19.8 Å². The molecule has 35 heavy (non-hydrogen) atoms. The van der Waals surface area contributed by atoms with E-state index in [-0.39, 0.29) is 54.5 Å². The summed E-state index contributed by atoms with van der Waals surface area (Å²) in [6.45, 7) is 9.57. The second-order valence-electron chi connectivity index (χ2n) is 10.3. The van der Waals surface area contributed by atoms with Gasteiger partial charge in [0.05, 0.1) is 18.1 Å². The molecule has 0 aromatic heterocycles.